The van der Waals surface area contributed by atoms with E-state index in [0.29, 0.717) is 5.76 Å². The topological polar surface area (TPSA) is 33.4 Å². The summed E-state index contributed by atoms with van der Waals surface area (Å²) < 4.78 is 7.71. The Labute approximate surface area is 139 Å². The first-order chi connectivity index (χ1) is 9.54. The van der Waals surface area contributed by atoms with E-state index in [0.717, 1.165) is 24.6 Å². The summed E-state index contributed by atoms with van der Waals surface area (Å²) in [6.45, 7) is 2.04. The van der Waals surface area contributed by atoms with Crippen molar-refractivity contribution in [1.82, 2.24) is 0 Å². The fourth-order valence-corrected chi connectivity index (χ4v) is 3.17. The van der Waals surface area contributed by atoms with E-state index in [1.807, 2.05) is 43.3 Å². The SMILES string of the molecule is Cc1ccc2oc(C(O)c3cc(I)ccc3Br)cc2c1. The standard InChI is InChI=1S/C16H12BrIO2/c1-9-2-5-14-10(6-9)7-15(20-14)16(19)12-8-11(18)3-4-13(12)17/h2-8,16,19H,1H3. The van der Waals surface area contributed by atoms with Crippen LogP contribution < -0.4 is 0 Å². The van der Waals surface area contributed by atoms with Crippen LogP contribution in [0.3, 0.4) is 0 Å². The van der Waals surface area contributed by atoms with Crippen molar-refractivity contribution in [1.29, 1.82) is 0 Å². The summed E-state index contributed by atoms with van der Waals surface area (Å²) in [5.74, 6) is 0.563. The Morgan fingerprint density at radius 1 is 1.15 bits per heavy atom. The Morgan fingerprint density at radius 3 is 2.75 bits per heavy atom. The number of benzene rings is 2. The van der Waals surface area contributed by atoms with Gasteiger partial charge in [0.05, 0.1) is 0 Å². The molecule has 2 aromatic carbocycles. The molecule has 3 aromatic rings. The number of aliphatic hydroxyl groups is 1. The Bertz CT molecular complexity index is 779. The lowest BCUT2D eigenvalue weighted by Crippen LogP contribution is -1.99. The zero-order valence-electron chi connectivity index (χ0n) is 10.7. The van der Waals surface area contributed by atoms with Gasteiger partial charge in [0.1, 0.15) is 17.4 Å². The quantitative estimate of drug-likeness (QED) is 0.554. The van der Waals surface area contributed by atoms with Gasteiger partial charge in [0.15, 0.2) is 0 Å². The van der Waals surface area contributed by atoms with Crippen molar-refractivity contribution in [2.75, 3.05) is 0 Å². The lowest BCUT2D eigenvalue weighted by atomic mass is 10.1. The largest absolute Gasteiger partial charge is 0.458 e. The number of aryl methyl sites for hydroxylation is 1. The number of rotatable bonds is 2. The molecule has 3 rings (SSSR count). The highest BCUT2D eigenvalue weighted by atomic mass is 127. The molecular formula is C16H12BrIO2. The zero-order valence-corrected chi connectivity index (χ0v) is 14.5. The van der Waals surface area contributed by atoms with E-state index >= 15 is 0 Å². The molecule has 0 spiro atoms. The monoisotopic (exact) mass is 442 g/mol. The van der Waals surface area contributed by atoms with E-state index in [1.165, 1.54) is 5.56 Å². The first-order valence-corrected chi connectivity index (χ1v) is 8.05. The van der Waals surface area contributed by atoms with Crippen LogP contribution in [0.2, 0.25) is 0 Å². The first kappa shape index (κ1) is 14.1. The second-order valence-corrected chi connectivity index (χ2v) is 6.86. The van der Waals surface area contributed by atoms with E-state index in [4.69, 9.17) is 4.42 Å². The second kappa shape index (κ2) is 5.50. The molecular weight excluding hydrogens is 431 g/mol. The molecule has 0 aliphatic rings. The second-order valence-electron chi connectivity index (χ2n) is 4.76. The van der Waals surface area contributed by atoms with Gasteiger partial charge in [-0.25, -0.2) is 0 Å². The summed E-state index contributed by atoms with van der Waals surface area (Å²) in [7, 11) is 0. The van der Waals surface area contributed by atoms with Crippen molar-refractivity contribution < 1.29 is 9.52 Å². The molecule has 0 aliphatic heterocycles. The lowest BCUT2D eigenvalue weighted by molar-refractivity contribution is 0.191. The lowest BCUT2D eigenvalue weighted by Gasteiger charge is -2.10. The summed E-state index contributed by atoms with van der Waals surface area (Å²) in [6.07, 6.45) is -0.771. The Balaban J connectivity index is 2.07. The van der Waals surface area contributed by atoms with E-state index in [9.17, 15) is 5.11 Å². The molecule has 0 saturated carbocycles. The summed E-state index contributed by atoms with van der Waals surface area (Å²) in [5.41, 5.74) is 2.79. The Morgan fingerprint density at radius 2 is 1.95 bits per heavy atom. The van der Waals surface area contributed by atoms with Crippen LogP contribution in [0.5, 0.6) is 0 Å². The molecule has 20 heavy (non-hydrogen) atoms. The van der Waals surface area contributed by atoms with Gasteiger partial charge in [0.25, 0.3) is 0 Å². The van der Waals surface area contributed by atoms with E-state index in [-0.39, 0.29) is 0 Å². The van der Waals surface area contributed by atoms with E-state index in [2.05, 4.69) is 44.6 Å². The molecule has 1 aromatic heterocycles. The predicted molar refractivity (Wildman–Crippen MR) is 91.9 cm³/mol. The van der Waals surface area contributed by atoms with Crippen LogP contribution in [-0.2, 0) is 0 Å². The van der Waals surface area contributed by atoms with Crippen LogP contribution in [0.4, 0.5) is 0 Å². The number of halogens is 2. The molecule has 1 atom stereocenters. The third kappa shape index (κ3) is 2.64. The van der Waals surface area contributed by atoms with Gasteiger partial charge in [-0.15, -0.1) is 0 Å². The maximum Gasteiger partial charge on any atom is 0.138 e. The zero-order chi connectivity index (χ0) is 14.3. The Kier molecular flexibility index (Phi) is 3.88. The average Bonchev–Trinajstić information content (AvgIpc) is 2.83. The minimum atomic E-state index is -0.771. The average molecular weight is 443 g/mol. The van der Waals surface area contributed by atoms with Crippen LogP contribution in [0.15, 0.2) is 51.4 Å². The van der Waals surface area contributed by atoms with Crippen molar-refractivity contribution in [2.45, 2.75) is 13.0 Å². The number of hydrogen-bond acceptors (Lipinski definition) is 2. The number of fused-ring (bicyclic) bond motifs is 1. The van der Waals surface area contributed by atoms with Gasteiger partial charge in [0.2, 0.25) is 0 Å². The number of aliphatic hydroxyl groups excluding tert-OH is 1. The smallest absolute Gasteiger partial charge is 0.138 e. The van der Waals surface area contributed by atoms with Crippen molar-refractivity contribution >= 4 is 49.5 Å². The molecule has 0 aliphatic carbocycles. The normalized spacial score (nSPS) is 12.8. The maximum atomic E-state index is 10.5. The number of hydrogen-bond donors (Lipinski definition) is 1. The van der Waals surface area contributed by atoms with Crippen LogP contribution in [-0.4, -0.2) is 5.11 Å². The molecule has 4 heteroatoms. The fraction of sp³-hybridized carbons (Fsp3) is 0.125. The third-order valence-corrected chi connectivity index (χ3v) is 4.61. The molecule has 0 amide bonds. The van der Waals surface area contributed by atoms with Crippen molar-refractivity contribution in [3.63, 3.8) is 0 Å². The number of furan rings is 1. The van der Waals surface area contributed by atoms with Crippen LogP contribution in [0, 0.1) is 10.5 Å². The van der Waals surface area contributed by atoms with Crippen molar-refractivity contribution in [2.24, 2.45) is 0 Å². The third-order valence-electron chi connectivity index (χ3n) is 3.21. The molecule has 102 valence electrons. The highest BCUT2D eigenvalue weighted by Gasteiger charge is 2.18. The molecule has 1 unspecified atom stereocenters. The molecule has 2 nitrogen and oxygen atoms in total. The summed E-state index contributed by atoms with van der Waals surface area (Å²) >= 11 is 5.71. The van der Waals surface area contributed by atoms with Gasteiger partial charge in [-0.2, -0.15) is 0 Å². The maximum absolute atomic E-state index is 10.5. The molecule has 0 bridgehead atoms. The summed E-state index contributed by atoms with van der Waals surface area (Å²) in [4.78, 5) is 0. The van der Waals surface area contributed by atoms with Gasteiger partial charge < -0.3 is 9.52 Å². The van der Waals surface area contributed by atoms with Gasteiger partial charge in [0, 0.05) is 19.0 Å². The van der Waals surface area contributed by atoms with Gasteiger partial charge in [-0.3, -0.25) is 0 Å². The van der Waals surface area contributed by atoms with Crippen molar-refractivity contribution in [3.8, 4) is 0 Å². The van der Waals surface area contributed by atoms with Gasteiger partial charge in [-0.1, -0.05) is 27.6 Å². The molecule has 0 radical (unpaired) electrons. The molecule has 1 N–H and O–H groups in total. The van der Waals surface area contributed by atoms with Crippen molar-refractivity contribution in [3.05, 3.63) is 67.4 Å². The Hall–Kier alpha value is -0.850. The summed E-state index contributed by atoms with van der Waals surface area (Å²) in [6, 6.07) is 13.8. The fourth-order valence-electron chi connectivity index (χ4n) is 2.20. The highest BCUT2D eigenvalue weighted by Crippen LogP contribution is 2.33. The predicted octanol–water partition coefficient (Wildman–Crippen LogP) is 5.19. The van der Waals surface area contributed by atoms with Crippen LogP contribution in [0.25, 0.3) is 11.0 Å². The molecule has 0 saturated heterocycles. The minimum absolute atomic E-state index is 0.563. The van der Waals surface area contributed by atoms with Gasteiger partial charge >= 0.3 is 0 Å². The van der Waals surface area contributed by atoms with Gasteiger partial charge in [-0.05, 0) is 65.9 Å². The summed E-state index contributed by atoms with van der Waals surface area (Å²) in [5, 5.41) is 11.6. The molecule has 0 fully saturated rings. The van der Waals surface area contributed by atoms with Crippen LogP contribution >= 0.6 is 38.5 Å². The molecule has 1 heterocycles. The van der Waals surface area contributed by atoms with E-state index < -0.39 is 6.10 Å². The van der Waals surface area contributed by atoms with E-state index in [1.54, 1.807) is 0 Å². The highest BCUT2D eigenvalue weighted by molar-refractivity contribution is 14.1. The first-order valence-electron chi connectivity index (χ1n) is 6.18. The van der Waals surface area contributed by atoms with Crippen LogP contribution in [0.1, 0.15) is 23.0 Å². The minimum Gasteiger partial charge on any atom is -0.458 e.